The van der Waals surface area contributed by atoms with Gasteiger partial charge in [-0.15, -0.1) is 0 Å². The zero-order valence-corrected chi connectivity index (χ0v) is 14.0. The molecule has 0 unspecified atom stereocenters. The van der Waals surface area contributed by atoms with Crippen LogP contribution in [-0.4, -0.2) is 36.1 Å². The smallest absolute Gasteiger partial charge is 0.225 e. The molecule has 0 amide bonds. The molecule has 1 N–H and O–H groups in total. The van der Waals surface area contributed by atoms with Gasteiger partial charge >= 0.3 is 0 Å². The number of thioether (sulfide) groups is 1. The van der Waals surface area contributed by atoms with Gasteiger partial charge in [0.05, 0.1) is 0 Å². The summed E-state index contributed by atoms with van der Waals surface area (Å²) in [5.41, 5.74) is 0. The van der Waals surface area contributed by atoms with Crippen molar-refractivity contribution in [2.24, 2.45) is 0 Å². The SMILES string of the molecule is C=C/C=C(/Sc1cnc(N2CCNCC2)nc1)C(=C)F.CC. The second-order valence-corrected chi connectivity index (χ2v) is 5.34. The Morgan fingerprint density at radius 3 is 2.41 bits per heavy atom. The van der Waals surface area contributed by atoms with Crippen LogP contribution in [0.25, 0.3) is 0 Å². The predicted molar refractivity (Wildman–Crippen MR) is 92.8 cm³/mol. The van der Waals surface area contributed by atoms with Gasteiger partial charge in [-0.3, -0.25) is 0 Å². The van der Waals surface area contributed by atoms with Crippen molar-refractivity contribution < 1.29 is 4.39 Å². The quantitative estimate of drug-likeness (QED) is 0.663. The minimum Gasteiger partial charge on any atom is -0.338 e. The van der Waals surface area contributed by atoms with Gasteiger partial charge in [-0.25, -0.2) is 14.4 Å². The van der Waals surface area contributed by atoms with Gasteiger partial charge in [0.2, 0.25) is 5.95 Å². The third-order valence-electron chi connectivity index (χ3n) is 2.78. The van der Waals surface area contributed by atoms with Gasteiger partial charge < -0.3 is 10.2 Å². The van der Waals surface area contributed by atoms with Crippen LogP contribution >= 0.6 is 11.8 Å². The highest BCUT2D eigenvalue weighted by Gasteiger charge is 2.13. The van der Waals surface area contributed by atoms with Crippen molar-refractivity contribution in [2.75, 3.05) is 31.1 Å². The minimum atomic E-state index is -0.485. The average Bonchev–Trinajstić information content (AvgIpc) is 2.57. The number of hydrogen-bond donors (Lipinski definition) is 1. The molecule has 0 radical (unpaired) electrons. The Bertz CT molecular complexity index is 507. The Hall–Kier alpha value is -1.66. The summed E-state index contributed by atoms with van der Waals surface area (Å²) in [6, 6.07) is 0. The van der Waals surface area contributed by atoms with E-state index in [9.17, 15) is 4.39 Å². The molecule has 0 saturated carbocycles. The standard InChI is InChI=1S/C14H17FN4S.C2H6/c1-3-4-13(11(2)15)20-12-9-17-14(18-10-12)19-7-5-16-6-8-19;1-2/h3-4,9-10,16H,1-2,5-8H2;1-2H3/b13-4+;. The molecule has 0 atom stereocenters. The Morgan fingerprint density at radius 1 is 1.32 bits per heavy atom. The molecule has 120 valence electrons. The Balaban J connectivity index is 0.00000116. The molecule has 1 fully saturated rings. The molecule has 2 heterocycles. The van der Waals surface area contributed by atoms with Crippen molar-refractivity contribution in [3.05, 3.63) is 48.4 Å². The molecule has 4 nitrogen and oxygen atoms in total. The van der Waals surface area contributed by atoms with Crippen LogP contribution in [0.1, 0.15) is 13.8 Å². The molecule has 1 saturated heterocycles. The van der Waals surface area contributed by atoms with E-state index in [4.69, 9.17) is 0 Å². The number of rotatable bonds is 5. The molecule has 1 aliphatic heterocycles. The molecular formula is C16H23FN4S. The van der Waals surface area contributed by atoms with Crippen LogP contribution in [0.15, 0.2) is 53.3 Å². The van der Waals surface area contributed by atoms with Gasteiger partial charge in [0.15, 0.2) is 0 Å². The first kappa shape index (κ1) is 18.4. The zero-order chi connectivity index (χ0) is 16.4. The summed E-state index contributed by atoms with van der Waals surface area (Å²) < 4.78 is 13.2. The molecule has 22 heavy (non-hydrogen) atoms. The number of hydrogen-bond acceptors (Lipinski definition) is 5. The molecule has 0 spiro atoms. The lowest BCUT2D eigenvalue weighted by molar-refractivity contribution is 0.579. The molecule has 1 aliphatic rings. The van der Waals surface area contributed by atoms with Gasteiger partial charge in [0.25, 0.3) is 0 Å². The van der Waals surface area contributed by atoms with E-state index in [1.165, 1.54) is 17.8 Å². The lowest BCUT2D eigenvalue weighted by atomic mass is 10.4. The third kappa shape index (κ3) is 5.61. The van der Waals surface area contributed by atoms with E-state index in [-0.39, 0.29) is 0 Å². The van der Waals surface area contributed by atoms with Gasteiger partial charge in [-0.05, 0) is 6.08 Å². The molecule has 6 heteroatoms. The van der Waals surface area contributed by atoms with Crippen LogP contribution in [0.3, 0.4) is 0 Å². The fourth-order valence-electron chi connectivity index (χ4n) is 1.80. The number of nitrogens with zero attached hydrogens (tertiary/aromatic N) is 3. The van der Waals surface area contributed by atoms with E-state index in [0.29, 0.717) is 10.9 Å². The van der Waals surface area contributed by atoms with Gasteiger partial charge in [-0.1, -0.05) is 44.8 Å². The van der Waals surface area contributed by atoms with Crippen molar-refractivity contribution in [2.45, 2.75) is 18.7 Å². The van der Waals surface area contributed by atoms with Crippen LogP contribution in [0.2, 0.25) is 0 Å². The van der Waals surface area contributed by atoms with Crippen LogP contribution in [0.4, 0.5) is 10.3 Å². The van der Waals surface area contributed by atoms with Crippen molar-refractivity contribution in [1.82, 2.24) is 15.3 Å². The number of allylic oxidation sites excluding steroid dienone is 3. The Kier molecular flexibility index (Phi) is 8.47. The molecular weight excluding hydrogens is 299 g/mol. The van der Waals surface area contributed by atoms with Crippen LogP contribution in [-0.2, 0) is 0 Å². The second kappa shape index (κ2) is 10.1. The predicted octanol–water partition coefficient (Wildman–Crippen LogP) is 3.56. The summed E-state index contributed by atoms with van der Waals surface area (Å²) in [6.07, 6.45) is 6.52. The van der Waals surface area contributed by atoms with E-state index in [0.717, 1.165) is 31.1 Å². The van der Waals surface area contributed by atoms with Crippen molar-refractivity contribution in [3.63, 3.8) is 0 Å². The number of aromatic nitrogens is 2. The second-order valence-electron chi connectivity index (χ2n) is 4.23. The van der Waals surface area contributed by atoms with E-state index in [1.807, 2.05) is 13.8 Å². The van der Waals surface area contributed by atoms with Gasteiger partial charge in [0, 0.05) is 48.4 Å². The topological polar surface area (TPSA) is 41.1 Å². The first-order valence-electron chi connectivity index (χ1n) is 7.34. The van der Waals surface area contributed by atoms with E-state index >= 15 is 0 Å². The summed E-state index contributed by atoms with van der Waals surface area (Å²) in [4.78, 5) is 12.0. The fourth-order valence-corrected chi connectivity index (χ4v) is 2.54. The molecule has 0 aromatic carbocycles. The molecule has 1 aromatic heterocycles. The summed E-state index contributed by atoms with van der Waals surface area (Å²) in [7, 11) is 0. The van der Waals surface area contributed by atoms with Gasteiger partial charge in [-0.2, -0.15) is 0 Å². The highest BCUT2D eigenvalue weighted by molar-refractivity contribution is 8.03. The summed E-state index contributed by atoms with van der Waals surface area (Å²) in [5, 5.41) is 3.28. The van der Waals surface area contributed by atoms with E-state index in [2.05, 4.69) is 33.3 Å². The number of halogens is 1. The summed E-state index contributed by atoms with van der Waals surface area (Å²) >= 11 is 1.24. The largest absolute Gasteiger partial charge is 0.338 e. The monoisotopic (exact) mass is 322 g/mol. The molecule has 1 aromatic rings. The Labute approximate surface area is 136 Å². The van der Waals surface area contributed by atoms with Crippen LogP contribution in [0, 0.1) is 0 Å². The van der Waals surface area contributed by atoms with Crippen LogP contribution in [0.5, 0.6) is 0 Å². The highest BCUT2D eigenvalue weighted by atomic mass is 32.2. The van der Waals surface area contributed by atoms with E-state index < -0.39 is 5.83 Å². The number of anilines is 1. The lowest BCUT2D eigenvalue weighted by Crippen LogP contribution is -2.44. The highest BCUT2D eigenvalue weighted by Crippen LogP contribution is 2.31. The first-order valence-corrected chi connectivity index (χ1v) is 8.15. The average molecular weight is 322 g/mol. The summed E-state index contributed by atoms with van der Waals surface area (Å²) in [6.45, 7) is 14.5. The van der Waals surface area contributed by atoms with Crippen LogP contribution < -0.4 is 10.2 Å². The maximum Gasteiger partial charge on any atom is 0.225 e. The van der Waals surface area contributed by atoms with E-state index in [1.54, 1.807) is 18.5 Å². The Morgan fingerprint density at radius 2 is 1.91 bits per heavy atom. The zero-order valence-electron chi connectivity index (χ0n) is 13.2. The van der Waals surface area contributed by atoms with Crippen molar-refractivity contribution >= 4 is 17.7 Å². The van der Waals surface area contributed by atoms with Gasteiger partial charge in [0.1, 0.15) is 5.83 Å². The number of piperazine rings is 1. The molecule has 0 bridgehead atoms. The molecule has 0 aliphatic carbocycles. The first-order chi connectivity index (χ1) is 10.7. The van der Waals surface area contributed by atoms with Crippen molar-refractivity contribution in [3.8, 4) is 0 Å². The van der Waals surface area contributed by atoms with Crippen molar-refractivity contribution in [1.29, 1.82) is 0 Å². The minimum absolute atomic E-state index is 0.415. The maximum atomic E-state index is 13.2. The third-order valence-corrected chi connectivity index (χ3v) is 3.80. The fraction of sp³-hybridized carbons (Fsp3) is 0.375. The maximum absolute atomic E-state index is 13.2. The number of nitrogens with one attached hydrogen (secondary N) is 1. The lowest BCUT2D eigenvalue weighted by Gasteiger charge is -2.27. The normalized spacial score (nSPS) is 14.9. The summed E-state index contributed by atoms with van der Waals surface area (Å²) in [5.74, 6) is 0.227. The molecule has 2 rings (SSSR count).